The van der Waals surface area contributed by atoms with Crippen LogP contribution in [0.3, 0.4) is 0 Å². The Bertz CT molecular complexity index is 613. The van der Waals surface area contributed by atoms with Gasteiger partial charge in [0.15, 0.2) is 0 Å². The number of amides is 2. The number of carbonyl (C=O) groups excluding carboxylic acids is 1. The van der Waals surface area contributed by atoms with E-state index in [0.29, 0.717) is 31.3 Å². The number of rotatable bonds is 6. The number of carboxylic acids is 1. The Morgan fingerprint density at radius 3 is 2.88 bits per heavy atom. The number of urea groups is 1. The van der Waals surface area contributed by atoms with Gasteiger partial charge in [-0.2, -0.15) is 0 Å². The Labute approximate surface area is 152 Å². The number of ether oxygens (including phenoxy) is 1. The minimum absolute atomic E-state index is 0.0599. The van der Waals surface area contributed by atoms with Crippen molar-refractivity contribution in [2.45, 2.75) is 19.1 Å². The smallest absolute Gasteiger partial charge is 0.318 e. The number of carboxylic acid groups (broad SMARTS) is 1. The SMILES string of the molecule is CC(NC(=O)N1CCOC(CN(C)CC(=O)O)C1)c1ccccc1Cl. The van der Waals surface area contributed by atoms with E-state index < -0.39 is 5.97 Å². The van der Waals surface area contributed by atoms with Crippen LogP contribution in [0.2, 0.25) is 5.02 Å². The van der Waals surface area contributed by atoms with Crippen molar-refractivity contribution in [2.24, 2.45) is 0 Å². The molecule has 2 amide bonds. The molecule has 2 N–H and O–H groups in total. The quantitative estimate of drug-likeness (QED) is 0.799. The Morgan fingerprint density at radius 2 is 2.20 bits per heavy atom. The molecule has 1 saturated heterocycles. The maximum Gasteiger partial charge on any atom is 0.318 e. The van der Waals surface area contributed by atoms with Crippen LogP contribution in [0.1, 0.15) is 18.5 Å². The largest absolute Gasteiger partial charge is 0.480 e. The van der Waals surface area contributed by atoms with Gasteiger partial charge in [0.1, 0.15) is 0 Å². The lowest BCUT2D eigenvalue weighted by molar-refractivity contribution is -0.138. The average Bonchev–Trinajstić information content (AvgIpc) is 2.54. The average molecular weight is 370 g/mol. The van der Waals surface area contributed by atoms with Crippen molar-refractivity contribution in [2.75, 3.05) is 39.8 Å². The molecule has 0 saturated carbocycles. The Balaban J connectivity index is 1.88. The molecule has 25 heavy (non-hydrogen) atoms. The minimum atomic E-state index is -0.888. The van der Waals surface area contributed by atoms with E-state index in [2.05, 4.69) is 5.32 Å². The van der Waals surface area contributed by atoms with E-state index in [9.17, 15) is 9.59 Å². The Morgan fingerprint density at radius 1 is 1.48 bits per heavy atom. The third-order valence-electron chi connectivity index (χ3n) is 4.06. The molecule has 2 unspecified atom stereocenters. The van der Waals surface area contributed by atoms with Gasteiger partial charge in [-0.25, -0.2) is 4.79 Å². The first-order valence-electron chi connectivity index (χ1n) is 8.18. The normalized spacial score (nSPS) is 18.9. The number of aliphatic carboxylic acids is 1. The molecule has 1 aromatic rings. The van der Waals surface area contributed by atoms with Crippen LogP contribution in [0.4, 0.5) is 4.79 Å². The number of halogens is 1. The van der Waals surface area contributed by atoms with Crippen LogP contribution in [0.25, 0.3) is 0 Å². The number of nitrogens with one attached hydrogen (secondary N) is 1. The minimum Gasteiger partial charge on any atom is -0.480 e. The van der Waals surface area contributed by atoms with Gasteiger partial charge in [-0.15, -0.1) is 0 Å². The zero-order valence-electron chi connectivity index (χ0n) is 14.4. The summed E-state index contributed by atoms with van der Waals surface area (Å²) in [4.78, 5) is 26.6. The van der Waals surface area contributed by atoms with E-state index in [1.807, 2.05) is 25.1 Å². The fourth-order valence-corrected chi connectivity index (χ4v) is 3.14. The summed E-state index contributed by atoms with van der Waals surface area (Å²) in [5.74, 6) is -0.888. The van der Waals surface area contributed by atoms with Crippen molar-refractivity contribution >= 4 is 23.6 Å². The second-order valence-electron chi connectivity index (χ2n) is 6.22. The number of morpholine rings is 1. The summed E-state index contributed by atoms with van der Waals surface area (Å²) in [6, 6.07) is 7.02. The first-order valence-corrected chi connectivity index (χ1v) is 8.56. The number of likely N-dealkylation sites (N-methyl/N-ethyl adjacent to an activating group) is 1. The van der Waals surface area contributed by atoms with E-state index in [1.165, 1.54) is 0 Å². The Hall–Kier alpha value is -1.83. The molecular weight excluding hydrogens is 346 g/mol. The predicted molar refractivity (Wildman–Crippen MR) is 94.8 cm³/mol. The van der Waals surface area contributed by atoms with E-state index in [4.69, 9.17) is 21.4 Å². The van der Waals surface area contributed by atoms with Gasteiger partial charge in [-0.05, 0) is 25.6 Å². The van der Waals surface area contributed by atoms with Crippen LogP contribution >= 0.6 is 11.6 Å². The molecule has 1 aliphatic rings. The molecule has 0 bridgehead atoms. The standard InChI is InChI=1S/C17H24ClN3O4/c1-12(14-5-3-4-6-15(14)18)19-17(24)21-7-8-25-13(10-21)9-20(2)11-16(22)23/h3-6,12-13H,7-11H2,1-2H3,(H,19,24)(H,22,23). The van der Waals surface area contributed by atoms with Crippen molar-refractivity contribution < 1.29 is 19.4 Å². The summed E-state index contributed by atoms with van der Waals surface area (Å²) >= 11 is 6.17. The maximum atomic E-state index is 12.5. The van der Waals surface area contributed by atoms with Gasteiger partial charge in [0.25, 0.3) is 0 Å². The van der Waals surface area contributed by atoms with Gasteiger partial charge in [0.05, 0.1) is 25.3 Å². The highest BCUT2D eigenvalue weighted by molar-refractivity contribution is 6.31. The van der Waals surface area contributed by atoms with Crippen LogP contribution in [0.5, 0.6) is 0 Å². The van der Waals surface area contributed by atoms with Gasteiger partial charge < -0.3 is 20.1 Å². The molecule has 138 valence electrons. The van der Waals surface area contributed by atoms with Gasteiger partial charge >= 0.3 is 12.0 Å². The predicted octanol–water partition coefficient (Wildman–Crippen LogP) is 1.83. The van der Waals surface area contributed by atoms with Crippen LogP contribution in [0, 0.1) is 0 Å². The van der Waals surface area contributed by atoms with E-state index in [0.717, 1.165) is 5.56 Å². The number of nitrogens with zero attached hydrogens (tertiary/aromatic N) is 2. The molecule has 2 atom stereocenters. The molecule has 2 rings (SSSR count). The molecule has 0 radical (unpaired) electrons. The molecule has 1 fully saturated rings. The fourth-order valence-electron chi connectivity index (χ4n) is 2.84. The second kappa shape index (κ2) is 9.03. The molecule has 0 spiro atoms. The lowest BCUT2D eigenvalue weighted by Gasteiger charge is -2.35. The van der Waals surface area contributed by atoms with Gasteiger partial charge in [-0.3, -0.25) is 9.69 Å². The lowest BCUT2D eigenvalue weighted by Crippen LogP contribution is -2.52. The summed E-state index contributed by atoms with van der Waals surface area (Å²) < 4.78 is 5.64. The summed E-state index contributed by atoms with van der Waals surface area (Å²) in [5, 5.41) is 12.4. The third-order valence-corrected chi connectivity index (χ3v) is 4.40. The maximum absolute atomic E-state index is 12.5. The molecule has 1 heterocycles. The number of carbonyl (C=O) groups is 2. The highest BCUT2D eigenvalue weighted by atomic mass is 35.5. The summed E-state index contributed by atoms with van der Waals surface area (Å²) in [6.07, 6.45) is -0.209. The molecule has 1 aliphatic heterocycles. The highest BCUT2D eigenvalue weighted by Crippen LogP contribution is 2.22. The van der Waals surface area contributed by atoms with Crippen LogP contribution in [-0.2, 0) is 9.53 Å². The topological polar surface area (TPSA) is 82.1 Å². The van der Waals surface area contributed by atoms with Crippen LogP contribution < -0.4 is 5.32 Å². The van der Waals surface area contributed by atoms with E-state index >= 15 is 0 Å². The zero-order valence-corrected chi connectivity index (χ0v) is 15.2. The zero-order chi connectivity index (χ0) is 18.4. The number of hydrogen-bond donors (Lipinski definition) is 2. The van der Waals surface area contributed by atoms with E-state index in [-0.39, 0.29) is 24.7 Å². The van der Waals surface area contributed by atoms with Crippen molar-refractivity contribution in [3.63, 3.8) is 0 Å². The summed E-state index contributed by atoms with van der Waals surface area (Å²) in [7, 11) is 1.72. The van der Waals surface area contributed by atoms with Gasteiger partial charge in [0, 0.05) is 24.7 Å². The summed E-state index contributed by atoms with van der Waals surface area (Å²) in [6.45, 7) is 3.63. The monoisotopic (exact) mass is 369 g/mol. The molecule has 1 aromatic carbocycles. The first kappa shape index (κ1) is 19.5. The molecule has 0 aliphatic carbocycles. The number of benzene rings is 1. The Kier molecular flexibility index (Phi) is 7.04. The molecule has 0 aromatic heterocycles. The highest BCUT2D eigenvalue weighted by Gasteiger charge is 2.26. The first-order chi connectivity index (χ1) is 11.9. The van der Waals surface area contributed by atoms with Crippen LogP contribution in [-0.4, -0.2) is 72.8 Å². The number of hydrogen-bond acceptors (Lipinski definition) is 4. The summed E-state index contributed by atoms with van der Waals surface area (Å²) in [5.41, 5.74) is 0.864. The molecule has 8 heteroatoms. The van der Waals surface area contributed by atoms with Crippen molar-refractivity contribution in [3.8, 4) is 0 Å². The van der Waals surface area contributed by atoms with Crippen molar-refractivity contribution in [1.82, 2.24) is 15.1 Å². The van der Waals surface area contributed by atoms with Crippen molar-refractivity contribution in [1.29, 1.82) is 0 Å². The van der Waals surface area contributed by atoms with Crippen LogP contribution in [0.15, 0.2) is 24.3 Å². The molecular formula is C17H24ClN3O4. The lowest BCUT2D eigenvalue weighted by atomic mass is 10.1. The fraction of sp³-hybridized carbons (Fsp3) is 0.529. The second-order valence-corrected chi connectivity index (χ2v) is 6.63. The van der Waals surface area contributed by atoms with Gasteiger partial charge in [-0.1, -0.05) is 29.8 Å². The van der Waals surface area contributed by atoms with E-state index in [1.54, 1.807) is 22.9 Å². The van der Waals surface area contributed by atoms with Gasteiger partial charge in [0.2, 0.25) is 0 Å². The van der Waals surface area contributed by atoms with Crippen molar-refractivity contribution in [3.05, 3.63) is 34.9 Å². The molecule has 7 nitrogen and oxygen atoms in total. The third kappa shape index (κ3) is 5.88.